The normalized spacial score (nSPS) is 34.8. The van der Waals surface area contributed by atoms with Crippen molar-refractivity contribution in [1.82, 2.24) is 0 Å². The molecule has 2 heterocycles. The van der Waals surface area contributed by atoms with E-state index < -0.39 is 11.9 Å². The molecule has 0 amide bonds. The van der Waals surface area contributed by atoms with Crippen LogP contribution in [0.25, 0.3) is 0 Å². The number of hydrogen-bond acceptors (Lipinski definition) is 4. The second-order valence-corrected chi connectivity index (χ2v) is 4.55. The molecule has 1 N–H and O–H groups in total. The van der Waals surface area contributed by atoms with Gasteiger partial charge in [-0.25, -0.2) is 0 Å². The number of carbonyl (C=O) groups excluding carboxylic acids is 1. The molecule has 4 heteroatoms. The minimum Gasteiger partial charge on any atom is -0.396 e. The van der Waals surface area contributed by atoms with Crippen molar-refractivity contribution in [1.29, 1.82) is 0 Å². The minimum atomic E-state index is -0.859. The molecule has 2 aliphatic rings. The summed E-state index contributed by atoms with van der Waals surface area (Å²) in [7, 11) is 1.57. The topological polar surface area (TPSA) is 55.8 Å². The zero-order valence-electron chi connectivity index (χ0n) is 9.55. The van der Waals surface area contributed by atoms with Gasteiger partial charge in [0.2, 0.25) is 0 Å². The van der Waals surface area contributed by atoms with Crippen LogP contribution in [0.4, 0.5) is 0 Å². The van der Waals surface area contributed by atoms with Crippen LogP contribution in [0, 0.1) is 5.92 Å². The lowest BCUT2D eigenvalue weighted by molar-refractivity contribution is -0.217. The maximum atomic E-state index is 12.2. The molecule has 1 fully saturated rings. The first-order valence-corrected chi connectivity index (χ1v) is 5.69. The Labute approximate surface area is 99.2 Å². The Morgan fingerprint density at radius 2 is 2.29 bits per heavy atom. The summed E-state index contributed by atoms with van der Waals surface area (Å²) in [6, 6.07) is 7.34. The predicted octanol–water partition coefficient (Wildman–Crippen LogP) is 1.08. The fourth-order valence-corrected chi connectivity index (χ4v) is 2.83. The van der Waals surface area contributed by atoms with Gasteiger partial charge in [0.25, 0.3) is 0 Å². The lowest BCUT2D eigenvalue weighted by Gasteiger charge is -2.33. The van der Waals surface area contributed by atoms with Crippen LogP contribution in [-0.2, 0) is 15.3 Å². The first-order chi connectivity index (χ1) is 8.22. The van der Waals surface area contributed by atoms with Gasteiger partial charge in [0, 0.05) is 37.2 Å². The van der Waals surface area contributed by atoms with Gasteiger partial charge in [-0.2, -0.15) is 0 Å². The number of methoxy groups -OCH3 is 1. The molecule has 0 saturated carbocycles. The number of hydrogen-bond donors (Lipinski definition) is 1. The van der Waals surface area contributed by atoms with Crippen LogP contribution < -0.4 is 0 Å². The van der Waals surface area contributed by atoms with Crippen molar-refractivity contribution >= 4 is 5.78 Å². The minimum absolute atomic E-state index is 0.0511. The van der Waals surface area contributed by atoms with E-state index in [1.807, 2.05) is 18.2 Å². The summed E-state index contributed by atoms with van der Waals surface area (Å²) < 4.78 is 11.2. The van der Waals surface area contributed by atoms with E-state index in [2.05, 4.69) is 0 Å². The van der Waals surface area contributed by atoms with Gasteiger partial charge in [-0.15, -0.1) is 0 Å². The van der Waals surface area contributed by atoms with Crippen LogP contribution in [0.5, 0.6) is 0 Å². The first kappa shape index (κ1) is 10.9. The molecule has 0 unspecified atom stereocenters. The summed E-state index contributed by atoms with van der Waals surface area (Å²) in [5.41, 5.74) is 1.43. The summed E-state index contributed by atoms with van der Waals surface area (Å²) in [5, 5.41) is 9.33. The van der Waals surface area contributed by atoms with Gasteiger partial charge in [0.05, 0.1) is 0 Å². The zero-order chi connectivity index (χ0) is 12.0. The number of ether oxygens (including phenoxy) is 2. The molecule has 0 radical (unpaired) electrons. The molecule has 90 valence electrons. The highest BCUT2D eigenvalue weighted by molar-refractivity contribution is 6.02. The van der Waals surface area contributed by atoms with Crippen molar-refractivity contribution in [2.45, 2.75) is 18.3 Å². The Bertz CT molecular complexity index is 470. The number of rotatable bonds is 2. The third-order valence-electron chi connectivity index (χ3n) is 3.70. The lowest BCUT2D eigenvalue weighted by Crippen LogP contribution is -2.39. The molecule has 1 saturated heterocycles. The summed E-state index contributed by atoms with van der Waals surface area (Å²) >= 11 is 0. The zero-order valence-corrected chi connectivity index (χ0v) is 9.55. The highest BCUT2D eigenvalue weighted by Gasteiger charge is 2.55. The molecule has 0 spiro atoms. The number of ketones is 1. The maximum Gasteiger partial charge on any atom is 0.196 e. The molecule has 3 atom stereocenters. The summed E-state index contributed by atoms with van der Waals surface area (Å²) in [6.07, 6.45) is -0.0530. The number of Topliss-reactive ketones (excluding diaryl/α,β-unsaturated/α-hetero) is 1. The van der Waals surface area contributed by atoms with Crippen molar-refractivity contribution in [2.24, 2.45) is 5.92 Å². The monoisotopic (exact) mass is 234 g/mol. The van der Waals surface area contributed by atoms with E-state index >= 15 is 0 Å². The Balaban J connectivity index is 2.18. The Hall–Kier alpha value is -1.23. The molecule has 0 aliphatic carbocycles. The number of fused-ring (bicyclic) bond motifs is 4. The van der Waals surface area contributed by atoms with E-state index in [-0.39, 0.29) is 18.3 Å². The van der Waals surface area contributed by atoms with Gasteiger partial charge in [-0.1, -0.05) is 24.3 Å². The maximum absolute atomic E-state index is 12.2. The quantitative estimate of drug-likeness (QED) is 0.832. The van der Waals surface area contributed by atoms with Crippen molar-refractivity contribution in [2.75, 3.05) is 13.7 Å². The van der Waals surface area contributed by atoms with Crippen LogP contribution in [0.3, 0.4) is 0 Å². The van der Waals surface area contributed by atoms with E-state index in [9.17, 15) is 9.90 Å². The molecule has 1 aromatic rings. The van der Waals surface area contributed by atoms with Gasteiger partial charge in [-0.05, 0) is 0 Å². The Morgan fingerprint density at radius 3 is 3.00 bits per heavy atom. The van der Waals surface area contributed by atoms with Crippen LogP contribution >= 0.6 is 0 Å². The van der Waals surface area contributed by atoms with Gasteiger partial charge >= 0.3 is 0 Å². The van der Waals surface area contributed by atoms with E-state index in [1.165, 1.54) is 0 Å². The van der Waals surface area contributed by atoms with Crippen LogP contribution in [0.15, 0.2) is 24.3 Å². The number of aliphatic hydroxyl groups is 1. The molecule has 0 aromatic heterocycles. The molecule has 3 rings (SSSR count). The first-order valence-electron chi connectivity index (χ1n) is 5.69. The van der Waals surface area contributed by atoms with Crippen molar-refractivity contribution in [3.63, 3.8) is 0 Å². The second kappa shape index (κ2) is 3.63. The van der Waals surface area contributed by atoms with Gasteiger partial charge in [-0.3, -0.25) is 4.79 Å². The highest BCUT2D eigenvalue weighted by Crippen LogP contribution is 2.48. The van der Waals surface area contributed by atoms with Gasteiger partial charge in [0.1, 0.15) is 6.10 Å². The molecule has 2 bridgehead atoms. The van der Waals surface area contributed by atoms with Crippen LogP contribution in [-0.4, -0.2) is 30.7 Å². The van der Waals surface area contributed by atoms with Crippen molar-refractivity contribution < 1.29 is 19.4 Å². The average Bonchev–Trinajstić information content (AvgIpc) is 2.74. The predicted molar refractivity (Wildman–Crippen MR) is 59.5 cm³/mol. The highest BCUT2D eigenvalue weighted by atomic mass is 16.7. The van der Waals surface area contributed by atoms with E-state index in [4.69, 9.17) is 9.47 Å². The second-order valence-electron chi connectivity index (χ2n) is 4.55. The molecule has 2 aliphatic heterocycles. The average molecular weight is 234 g/mol. The fraction of sp³-hybridized carbons (Fsp3) is 0.462. The third-order valence-corrected chi connectivity index (χ3v) is 3.70. The van der Waals surface area contributed by atoms with Crippen molar-refractivity contribution in [3.05, 3.63) is 35.4 Å². The largest absolute Gasteiger partial charge is 0.396 e. The smallest absolute Gasteiger partial charge is 0.196 e. The van der Waals surface area contributed by atoms with E-state index in [1.54, 1.807) is 13.2 Å². The summed E-state index contributed by atoms with van der Waals surface area (Å²) in [6.45, 7) is -0.0600. The molecule has 4 nitrogen and oxygen atoms in total. The van der Waals surface area contributed by atoms with Gasteiger partial charge in [0.15, 0.2) is 11.6 Å². The molecule has 17 heavy (non-hydrogen) atoms. The molecule has 1 aromatic carbocycles. The lowest BCUT2D eigenvalue weighted by atomic mass is 9.95. The van der Waals surface area contributed by atoms with E-state index in [0.29, 0.717) is 12.0 Å². The summed E-state index contributed by atoms with van der Waals surface area (Å²) in [4.78, 5) is 12.2. The molecular formula is C13H14O4. The Kier molecular flexibility index (Phi) is 2.33. The standard InChI is InChI=1S/C13H14O4/c1-16-13-6-8(7-14)12(17-13)11(15)9-4-2-3-5-10(9)13/h2-5,8,12,14H,6-7H2,1H3/t8-,12-,13+/m1/s1. The van der Waals surface area contributed by atoms with Crippen molar-refractivity contribution in [3.8, 4) is 0 Å². The van der Waals surface area contributed by atoms with Gasteiger partial charge < -0.3 is 14.6 Å². The number of benzene rings is 1. The number of carbonyl (C=O) groups is 1. The Morgan fingerprint density at radius 1 is 1.53 bits per heavy atom. The SMILES string of the molecule is CO[C@@]12C[C@H](CO)[C@@H](O1)C(=O)c1ccccc12. The molecular weight excluding hydrogens is 220 g/mol. The van der Waals surface area contributed by atoms with Crippen LogP contribution in [0.1, 0.15) is 22.3 Å². The van der Waals surface area contributed by atoms with E-state index in [0.717, 1.165) is 5.56 Å². The third kappa shape index (κ3) is 1.32. The fourth-order valence-electron chi connectivity index (χ4n) is 2.83. The number of aliphatic hydroxyl groups excluding tert-OH is 1. The van der Waals surface area contributed by atoms with Crippen LogP contribution in [0.2, 0.25) is 0 Å². The summed E-state index contributed by atoms with van der Waals surface area (Å²) in [5.74, 6) is -1.09.